The number of rotatable bonds is 0. The second-order valence-electron chi connectivity index (χ2n) is 4.16. The van der Waals surface area contributed by atoms with Gasteiger partial charge in [-0.2, -0.15) is 0 Å². The molecule has 50 heavy (non-hydrogen) atoms. The van der Waals surface area contributed by atoms with Gasteiger partial charge in [-0.05, 0) is 0 Å². The van der Waals surface area contributed by atoms with Crippen LogP contribution in [0.15, 0.2) is 0 Å². The van der Waals surface area contributed by atoms with E-state index in [1.54, 1.807) is 0 Å². The standard InChI is InChI=1S/12BH3O3.ClH.Li.H/c12*2-1(3)4;;;/h12*2-4H;1H;;/q;;;;;;;;;;;;;+1;-1. The van der Waals surface area contributed by atoms with Crippen molar-refractivity contribution in [2.24, 2.45) is 0 Å². The minimum absolute atomic E-state index is 0. The molecule has 0 atom stereocenters. The molecule has 36 N–H and O–H groups in total. The van der Waals surface area contributed by atoms with E-state index in [0.29, 0.717) is 0 Å². The number of hydrogen-bond donors (Lipinski definition) is 36. The zero-order chi connectivity index (χ0) is 42.9. The van der Waals surface area contributed by atoms with E-state index in [4.69, 9.17) is 181 Å². The predicted octanol–water partition coefficient (Wildman–Crippen LogP) is -27.1. The first kappa shape index (κ1) is 92.7. The van der Waals surface area contributed by atoms with Crippen LogP contribution in [0.4, 0.5) is 0 Å². The molecule has 0 aliphatic rings. The van der Waals surface area contributed by atoms with Crippen LogP contribution >= 0.6 is 12.4 Å². The number of hydrogen-bond acceptors (Lipinski definition) is 36. The molecule has 0 amide bonds. The van der Waals surface area contributed by atoms with E-state index in [2.05, 4.69) is 0 Å². The summed E-state index contributed by atoms with van der Waals surface area (Å²) in [6, 6.07) is 0. The molecule has 36 nitrogen and oxygen atoms in total. The van der Waals surface area contributed by atoms with Gasteiger partial charge in [0.05, 0.1) is 0 Å². The molecule has 0 saturated heterocycles. The van der Waals surface area contributed by atoms with Crippen molar-refractivity contribution in [3.8, 4) is 0 Å². The summed E-state index contributed by atoms with van der Waals surface area (Å²) in [6.07, 6.45) is 0. The maximum atomic E-state index is 7.17. The van der Waals surface area contributed by atoms with E-state index in [-0.39, 0.29) is 32.7 Å². The van der Waals surface area contributed by atoms with E-state index in [1.807, 2.05) is 0 Å². The Balaban J connectivity index is -0.0000000212. The van der Waals surface area contributed by atoms with Gasteiger partial charge in [0.25, 0.3) is 0 Å². The van der Waals surface area contributed by atoms with Crippen molar-refractivity contribution >= 4 is 100 Å². The summed E-state index contributed by atoms with van der Waals surface area (Å²) < 4.78 is 0. The van der Waals surface area contributed by atoms with Crippen LogP contribution in [-0.4, -0.2) is 269 Å². The van der Waals surface area contributed by atoms with Gasteiger partial charge in [-0.3, -0.25) is 0 Å². The van der Waals surface area contributed by atoms with Gasteiger partial charge in [-0.25, -0.2) is 0 Å². The van der Waals surface area contributed by atoms with Crippen LogP contribution < -0.4 is 18.9 Å². The van der Waals surface area contributed by atoms with E-state index >= 15 is 0 Å². The Labute approximate surface area is 301 Å². The molecule has 0 aromatic carbocycles. The van der Waals surface area contributed by atoms with Crippen molar-refractivity contribution in [1.82, 2.24) is 0 Å². The summed E-state index contributed by atoms with van der Waals surface area (Å²) in [5.41, 5.74) is 0. The third-order valence-corrected chi connectivity index (χ3v) is 0. The smallest absolute Gasteiger partial charge is 1.00 e. The van der Waals surface area contributed by atoms with Gasteiger partial charge in [0.1, 0.15) is 0 Å². The van der Waals surface area contributed by atoms with Crippen LogP contribution in [0, 0.1) is 0 Å². The molecule has 0 rings (SSSR count). The third-order valence-electron chi connectivity index (χ3n) is 0. The normalized spacial score (nSPS) is 6.48. The average molecular weight is 786 g/mol. The molecule has 298 valence electrons. The van der Waals surface area contributed by atoms with Crippen molar-refractivity contribution in [3.63, 3.8) is 0 Å². The fourth-order valence-corrected chi connectivity index (χ4v) is 0. The Hall–Kier alpha value is 0.227. The monoisotopic (exact) mass is 788 g/mol. The van der Waals surface area contributed by atoms with E-state index in [0.717, 1.165) is 0 Å². The Kier molecular flexibility index (Phi) is 162. The molecular weight excluding hydrogens is 748 g/mol. The summed E-state index contributed by atoms with van der Waals surface area (Å²) in [4.78, 5) is 0. The van der Waals surface area contributed by atoms with Crippen LogP contribution in [0.25, 0.3) is 0 Å². The van der Waals surface area contributed by atoms with Crippen LogP contribution in [0.3, 0.4) is 0 Å². The van der Waals surface area contributed by atoms with E-state index < -0.39 is 87.9 Å². The molecule has 0 fully saturated rings. The Morgan fingerprint density at radius 1 is 0.140 bits per heavy atom. The molecule has 0 aromatic rings. The summed E-state index contributed by atoms with van der Waals surface area (Å²) in [5, 5.41) is 258. The quantitative estimate of drug-likeness (QED) is 0.101. The van der Waals surface area contributed by atoms with Gasteiger partial charge in [0.15, 0.2) is 0 Å². The fraction of sp³-hybridized carbons (Fsp3) is 0. The third kappa shape index (κ3) is 2090000. The minimum atomic E-state index is -2.17. The molecule has 0 saturated carbocycles. The zero-order valence-corrected chi connectivity index (χ0v) is 25.3. The van der Waals surface area contributed by atoms with Gasteiger partial charge < -0.3 is 182 Å². The van der Waals surface area contributed by atoms with Gasteiger partial charge in [-0.15, -0.1) is 12.4 Å². The molecule has 0 heterocycles. The fourth-order valence-electron chi connectivity index (χ4n) is 0. The molecule has 50 heteroatoms. The van der Waals surface area contributed by atoms with Crippen molar-refractivity contribution in [3.05, 3.63) is 0 Å². The van der Waals surface area contributed by atoms with Crippen molar-refractivity contribution in [1.29, 1.82) is 0 Å². The van der Waals surface area contributed by atoms with Crippen molar-refractivity contribution in [2.45, 2.75) is 0 Å². The van der Waals surface area contributed by atoms with E-state index in [9.17, 15) is 0 Å². The summed E-state index contributed by atoms with van der Waals surface area (Å²) >= 11 is 0. The van der Waals surface area contributed by atoms with Crippen LogP contribution in [0.5, 0.6) is 0 Å². The molecule has 0 spiro atoms. The van der Waals surface area contributed by atoms with Crippen molar-refractivity contribution in [2.75, 3.05) is 0 Å². The summed E-state index contributed by atoms with van der Waals surface area (Å²) in [5.74, 6) is 0. The van der Waals surface area contributed by atoms with Crippen LogP contribution in [0.1, 0.15) is 1.43 Å². The average Bonchev–Trinajstić information content (AvgIpc) is 2.61. The minimum Gasteiger partial charge on any atom is -1.00 e. The molecule has 0 aromatic heterocycles. The molecule has 0 aliphatic carbocycles. The van der Waals surface area contributed by atoms with Crippen LogP contribution in [0.2, 0.25) is 0 Å². The van der Waals surface area contributed by atoms with Gasteiger partial charge in [0.2, 0.25) is 0 Å². The molecule has 0 radical (unpaired) electrons. The first-order valence-corrected chi connectivity index (χ1v) is 9.30. The Morgan fingerprint density at radius 2 is 0.140 bits per heavy atom. The van der Waals surface area contributed by atoms with E-state index in [1.165, 1.54) is 0 Å². The second kappa shape index (κ2) is 87.2. The van der Waals surface area contributed by atoms with Crippen LogP contribution in [-0.2, 0) is 0 Å². The largest absolute Gasteiger partial charge is 1.00 e. The SMILES string of the molecule is Cl.OB(O)O.OB(O)O.OB(O)O.OB(O)O.OB(O)O.OB(O)O.OB(O)O.OB(O)O.OB(O)O.OB(O)O.OB(O)O.OB(O)O.[H-].[Li+]. The molecule has 0 unspecified atom stereocenters. The molecular formula is H38B12ClLiO36. The maximum absolute atomic E-state index is 7.17. The topological polar surface area (TPSA) is 728 Å². The summed E-state index contributed by atoms with van der Waals surface area (Å²) in [6.45, 7) is 0. The Morgan fingerprint density at radius 3 is 0.140 bits per heavy atom. The molecule has 0 bridgehead atoms. The second-order valence-corrected chi connectivity index (χ2v) is 4.16. The maximum Gasteiger partial charge on any atom is 1.00 e. The van der Waals surface area contributed by atoms with Crippen molar-refractivity contribution < 1.29 is 201 Å². The zero-order valence-electron chi connectivity index (χ0n) is 25.4. The Bertz CT molecular complexity index is 246. The predicted molar refractivity (Wildman–Crippen MR) is 157 cm³/mol. The van der Waals surface area contributed by atoms with Gasteiger partial charge in [-0.1, -0.05) is 0 Å². The first-order chi connectivity index (χ1) is 20.8. The van der Waals surface area contributed by atoms with Gasteiger partial charge >= 0.3 is 107 Å². The summed E-state index contributed by atoms with van der Waals surface area (Å²) in [7, 11) is -26.0. The first-order valence-electron chi connectivity index (χ1n) is 9.30. The number of halogens is 1. The van der Waals surface area contributed by atoms with Gasteiger partial charge in [0, 0.05) is 0 Å². The molecule has 0 aliphatic heterocycles.